The van der Waals surface area contributed by atoms with Crippen LogP contribution in [0.4, 0.5) is 0 Å². The van der Waals surface area contributed by atoms with E-state index in [1.54, 1.807) is 0 Å². The van der Waals surface area contributed by atoms with Crippen molar-refractivity contribution in [1.29, 1.82) is 0 Å². The molecule has 0 saturated carbocycles. The fourth-order valence-corrected chi connectivity index (χ4v) is 0.888. The second kappa shape index (κ2) is 4.60. The van der Waals surface area contributed by atoms with Crippen LogP contribution in [0.5, 0.6) is 0 Å². The Hall–Kier alpha value is -0.380. The summed E-state index contributed by atoms with van der Waals surface area (Å²) >= 11 is 3.18. The molecule has 0 radical (unpaired) electrons. The zero-order valence-corrected chi connectivity index (χ0v) is 9.05. The third-order valence-corrected chi connectivity index (χ3v) is 3.15. The average molecular weight is 237 g/mol. The number of hydrogen-bond donors (Lipinski definition) is 0. The van der Waals surface area contributed by atoms with Crippen molar-refractivity contribution in [2.75, 3.05) is 7.11 Å². The summed E-state index contributed by atoms with van der Waals surface area (Å²) in [6.07, 6.45) is 1.01. The Kier molecular flexibility index (Phi) is 4.45. The molecule has 0 spiro atoms. The molecule has 0 aliphatic rings. The van der Waals surface area contributed by atoms with Crippen LogP contribution in [-0.2, 0) is 14.3 Å². The normalized spacial score (nSPS) is 13.7. The summed E-state index contributed by atoms with van der Waals surface area (Å²) in [6, 6.07) is 0. The van der Waals surface area contributed by atoms with E-state index in [1.807, 2.05) is 13.8 Å². The molecule has 1 atom stereocenters. The summed E-state index contributed by atoms with van der Waals surface area (Å²) < 4.78 is 4.51. The molecule has 0 aliphatic carbocycles. The minimum atomic E-state index is -0.394. The van der Waals surface area contributed by atoms with Crippen molar-refractivity contribution in [3.05, 3.63) is 0 Å². The first-order chi connectivity index (χ1) is 5.44. The molecule has 4 heteroatoms. The lowest BCUT2D eigenvalue weighted by Gasteiger charge is -2.24. The minimum absolute atomic E-state index is 0.234. The third-order valence-electron chi connectivity index (χ3n) is 1.69. The summed E-state index contributed by atoms with van der Waals surface area (Å²) in [5.74, 6) is -0.300. The van der Waals surface area contributed by atoms with Crippen LogP contribution in [0.15, 0.2) is 0 Å². The van der Waals surface area contributed by atoms with Gasteiger partial charge in [0.1, 0.15) is 6.29 Å². The topological polar surface area (TPSA) is 43.4 Å². The predicted molar refractivity (Wildman–Crippen MR) is 49.2 cm³/mol. The fraction of sp³-hybridized carbons (Fsp3) is 0.750. The summed E-state index contributed by atoms with van der Waals surface area (Å²) in [5, 5.41) is 0. The van der Waals surface area contributed by atoms with Crippen molar-refractivity contribution < 1.29 is 14.3 Å². The van der Waals surface area contributed by atoms with E-state index in [0.29, 0.717) is 0 Å². The average Bonchev–Trinajstić information content (AvgIpc) is 2.02. The lowest BCUT2D eigenvalue weighted by atomic mass is 9.86. The number of esters is 1. The number of carbonyl (C=O) groups excluding carboxylic acids is 2. The number of carbonyl (C=O) groups is 2. The Balaban J connectivity index is 4.20. The molecule has 1 unspecified atom stereocenters. The molecule has 0 saturated heterocycles. The highest BCUT2D eigenvalue weighted by molar-refractivity contribution is 9.10. The highest BCUT2D eigenvalue weighted by Crippen LogP contribution is 2.29. The van der Waals surface area contributed by atoms with Gasteiger partial charge in [-0.3, -0.25) is 4.79 Å². The molecule has 0 heterocycles. The number of alkyl halides is 1. The molecular weight excluding hydrogens is 224 g/mol. The number of ether oxygens (including phenoxy) is 1. The van der Waals surface area contributed by atoms with E-state index in [1.165, 1.54) is 7.11 Å². The molecule has 0 aromatic carbocycles. The molecular formula is C8H13BrO3. The van der Waals surface area contributed by atoms with E-state index in [9.17, 15) is 9.59 Å². The van der Waals surface area contributed by atoms with Gasteiger partial charge in [0, 0.05) is 0 Å². The van der Waals surface area contributed by atoms with Crippen molar-refractivity contribution in [2.24, 2.45) is 5.41 Å². The molecule has 0 N–H and O–H groups in total. The number of methoxy groups -OCH3 is 1. The van der Waals surface area contributed by atoms with E-state index >= 15 is 0 Å². The van der Waals surface area contributed by atoms with E-state index in [2.05, 4.69) is 20.7 Å². The molecule has 12 heavy (non-hydrogen) atoms. The van der Waals surface area contributed by atoms with Gasteiger partial charge in [-0.15, -0.1) is 0 Å². The van der Waals surface area contributed by atoms with Crippen molar-refractivity contribution in [3.8, 4) is 0 Å². The minimum Gasteiger partial charge on any atom is -0.469 e. The first-order valence-electron chi connectivity index (χ1n) is 3.60. The maximum atomic E-state index is 10.9. The van der Waals surface area contributed by atoms with Gasteiger partial charge in [0.15, 0.2) is 0 Å². The second-order valence-corrected chi connectivity index (χ2v) is 4.27. The quantitative estimate of drug-likeness (QED) is 0.423. The maximum Gasteiger partial charge on any atom is 0.306 e. The Morgan fingerprint density at radius 1 is 1.67 bits per heavy atom. The van der Waals surface area contributed by atoms with E-state index in [-0.39, 0.29) is 17.2 Å². The van der Waals surface area contributed by atoms with Gasteiger partial charge in [0.2, 0.25) is 0 Å². The smallest absolute Gasteiger partial charge is 0.306 e. The lowest BCUT2D eigenvalue weighted by molar-refractivity contribution is -0.142. The van der Waals surface area contributed by atoms with Crippen LogP contribution in [0.2, 0.25) is 0 Å². The monoisotopic (exact) mass is 236 g/mol. The van der Waals surface area contributed by atoms with Gasteiger partial charge in [-0.2, -0.15) is 0 Å². The van der Waals surface area contributed by atoms with Gasteiger partial charge in [-0.1, -0.05) is 29.8 Å². The van der Waals surface area contributed by atoms with E-state index < -0.39 is 5.41 Å². The second-order valence-electron chi connectivity index (χ2n) is 3.28. The Bertz CT molecular complexity index is 177. The lowest BCUT2D eigenvalue weighted by Crippen LogP contribution is -2.28. The van der Waals surface area contributed by atoms with E-state index in [0.717, 1.165) is 6.29 Å². The Labute approximate surface area is 80.6 Å². The van der Waals surface area contributed by atoms with Crippen molar-refractivity contribution >= 4 is 28.2 Å². The zero-order chi connectivity index (χ0) is 9.78. The van der Waals surface area contributed by atoms with E-state index in [4.69, 9.17) is 0 Å². The number of rotatable bonds is 4. The Morgan fingerprint density at radius 3 is 2.50 bits per heavy atom. The summed E-state index contributed by atoms with van der Waals surface area (Å²) in [4.78, 5) is 21.0. The fourth-order valence-electron chi connectivity index (χ4n) is 0.726. The van der Waals surface area contributed by atoms with Crippen molar-refractivity contribution in [2.45, 2.75) is 25.1 Å². The van der Waals surface area contributed by atoms with Gasteiger partial charge >= 0.3 is 5.97 Å². The van der Waals surface area contributed by atoms with Crippen LogP contribution >= 0.6 is 15.9 Å². The van der Waals surface area contributed by atoms with Gasteiger partial charge in [0.25, 0.3) is 0 Å². The standard InChI is InChI=1S/C8H13BrO3/c1-8(2,6(9)5-10)4-7(11)12-3/h5-6H,4H2,1-3H3. The van der Waals surface area contributed by atoms with Gasteiger partial charge in [-0.05, 0) is 5.41 Å². The molecule has 0 amide bonds. The molecule has 70 valence electrons. The van der Waals surface area contributed by atoms with Crippen LogP contribution < -0.4 is 0 Å². The Morgan fingerprint density at radius 2 is 2.17 bits per heavy atom. The van der Waals surface area contributed by atoms with Crippen LogP contribution in [0.1, 0.15) is 20.3 Å². The van der Waals surface area contributed by atoms with Crippen LogP contribution in [-0.4, -0.2) is 24.2 Å². The van der Waals surface area contributed by atoms with Crippen LogP contribution in [0.3, 0.4) is 0 Å². The van der Waals surface area contributed by atoms with Gasteiger partial charge < -0.3 is 9.53 Å². The maximum absolute atomic E-state index is 10.9. The molecule has 0 aromatic heterocycles. The number of aldehydes is 1. The number of hydrogen-bond acceptors (Lipinski definition) is 3. The molecule has 0 aliphatic heterocycles. The van der Waals surface area contributed by atoms with Gasteiger partial charge in [0.05, 0.1) is 18.4 Å². The summed E-state index contributed by atoms with van der Waals surface area (Å²) in [6.45, 7) is 3.66. The molecule has 0 aromatic rings. The summed E-state index contributed by atoms with van der Waals surface area (Å²) in [5.41, 5.74) is -0.394. The van der Waals surface area contributed by atoms with Crippen molar-refractivity contribution in [3.63, 3.8) is 0 Å². The first-order valence-corrected chi connectivity index (χ1v) is 4.52. The van der Waals surface area contributed by atoms with Crippen LogP contribution in [0, 0.1) is 5.41 Å². The van der Waals surface area contributed by atoms with Crippen molar-refractivity contribution in [1.82, 2.24) is 0 Å². The largest absolute Gasteiger partial charge is 0.469 e. The molecule has 0 bridgehead atoms. The molecule has 0 rings (SSSR count). The molecule has 0 fully saturated rings. The highest BCUT2D eigenvalue weighted by atomic mass is 79.9. The first kappa shape index (κ1) is 11.6. The molecule has 3 nitrogen and oxygen atoms in total. The zero-order valence-electron chi connectivity index (χ0n) is 7.46. The SMILES string of the molecule is COC(=O)CC(C)(C)C(Br)C=O. The third kappa shape index (κ3) is 3.34. The highest BCUT2D eigenvalue weighted by Gasteiger charge is 2.30. The van der Waals surface area contributed by atoms with Gasteiger partial charge in [-0.25, -0.2) is 0 Å². The predicted octanol–water partition coefficient (Wildman–Crippen LogP) is 1.54. The van der Waals surface area contributed by atoms with Crippen LogP contribution in [0.25, 0.3) is 0 Å². The number of halogens is 1. The summed E-state index contributed by atoms with van der Waals surface area (Å²) in [7, 11) is 1.34.